The van der Waals surface area contributed by atoms with Gasteiger partial charge in [0.05, 0.1) is 0 Å². The molecule has 0 aromatic rings. The van der Waals surface area contributed by atoms with Crippen LogP contribution in [0.5, 0.6) is 0 Å². The Morgan fingerprint density at radius 1 is 1.08 bits per heavy atom. The molecule has 1 fully saturated rings. The number of nitrogens with zero attached hydrogens (tertiary/aromatic N) is 1. The summed E-state index contributed by atoms with van der Waals surface area (Å²) in [5, 5.41) is 0. The third-order valence-electron chi connectivity index (χ3n) is 0.991. The van der Waals surface area contributed by atoms with E-state index in [-0.39, 0.29) is 24.7 Å². The van der Waals surface area contributed by atoms with Gasteiger partial charge < -0.3 is 0 Å². The highest BCUT2D eigenvalue weighted by molar-refractivity contribution is 6.63. The third kappa shape index (κ3) is 5.04. The van der Waals surface area contributed by atoms with Crippen molar-refractivity contribution in [2.24, 2.45) is 0 Å². The van der Waals surface area contributed by atoms with E-state index in [2.05, 4.69) is 0 Å². The normalized spacial score (nSPS) is 16.6. The Balaban J connectivity index is 0.000000261. The van der Waals surface area contributed by atoms with Crippen LogP contribution in [0.2, 0.25) is 0 Å². The zero-order valence-corrected chi connectivity index (χ0v) is 8.79. The fourth-order valence-corrected chi connectivity index (χ4v) is 0.718. The van der Waals surface area contributed by atoms with Gasteiger partial charge in [-0.05, 0) is 0 Å². The molecule has 0 saturated carbocycles. The summed E-state index contributed by atoms with van der Waals surface area (Å²) in [4.78, 5) is 20.7. The van der Waals surface area contributed by atoms with Crippen molar-refractivity contribution in [1.29, 1.82) is 0 Å². The first kappa shape index (κ1) is 12.3. The van der Waals surface area contributed by atoms with Crippen molar-refractivity contribution in [2.75, 3.05) is 0 Å². The van der Waals surface area contributed by atoms with Crippen LogP contribution in [0.3, 0.4) is 0 Å². The highest BCUT2D eigenvalue weighted by Gasteiger charge is 2.26. The van der Waals surface area contributed by atoms with Gasteiger partial charge in [0.15, 0.2) is 4.30 Å². The van der Waals surface area contributed by atoms with E-state index in [0.717, 1.165) is 0 Å². The second kappa shape index (κ2) is 5.86. The maximum atomic E-state index is 10.4. The fourth-order valence-electron chi connectivity index (χ4n) is 0.549. The highest BCUT2D eigenvalue weighted by atomic mass is 35.6. The Morgan fingerprint density at radius 3 is 1.42 bits per heavy atom. The lowest BCUT2D eigenvalue weighted by atomic mass is 10.4. The first-order valence-corrected chi connectivity index (χ1v) is 4.53. The lowest BCUT2D eigenvalue weighted by Gasteiger charge is -1.96. The number of imide groups is 1. The molecule has 1 aliphatic rings. The Morgan fingerprint density at radius 2 is 1.33 bits per heavy atom. The molecule has 0 spiro atoms. The molecule has 1 saturated heterocycles. The van der Waals surface area contributed by atoms with E-state index in [0.29, 0.717) is 4.42 Å². The quantitative estimate of drug-likeness (QED) is 0.377. The minimum absolute atomic E-state index is 0.266. The van der Waals surface area contributed by atoms with Crippen molar-refractivity contribution in [2.45, 2.75) is 17.1 Å². The Bertz CT molecular complexity index is 166. The van der Waals surface area contributed by atoms with Crippen LogP contribution in [0.4, 0.5) is 0 Å². The van der Waals surface area contributed by atoms with Gasteiger partial charge >= 0.3 is 0 Å². The van der Waals surface area contributed by atoms with Crippen LogP contribution in [0.25, 0.3) is 0 Å². The predicted molar refractivity (Wildman–Crippen MR) is 48.3 cm³/mol. The number of rotatable bonds is 0. The van der Waals surface area contributed by atoms with Gasteiger partial charge in [0.1, 0.15) is 0 Å². The summed E-state index contributed by atoms with van der Waals surface area (Å²) in [5.41, 5.74) is 0. The second-order valence-electron chi connectivity index (χ2n) is 1.82. The van der Waals surface area contributed by atoms with E-state index < -0.39 is 4.30 Å². The minimum Gasteiger partial charge on any atom is -0.273 e. The van der Waals surface area contributed by atoms with Crippen molar-refractivity contribution in [3.05, 3.63) is 0 Å². The average molecular weight is 253 g/mol. The van der Waals surface area contributed by atoms with Crippen LogP contribution in [-0.4, -0.2) is 20.5 Å². The van der Waals surface area contributed by atoms with Crippen LogP contribution < -0.4 is 0 Å². The van der Waals surface area contributed by atoms with Crippen LogP contribution >= 0.6 is 46.6 Å². The molecule has 0 aromatic heterocycles. The molecule has 0 atom stereocenters. The second-order valence-corrected chi connectivity index (χ2v) is 4.13. The van der Waals surface area contributed by atoms with E-state index >= 15 is 0 Å². The van der Waals surface area contributed by atoms with Crippen molar-refractivity contribution in [3.63, 3.8) is 0 Å². The molecule has 1 rings (SSSR count). The molecular weight excluding hydrogens is 248 g/mol. The van der Waals surface area contributed by atoms with Crippen molar-refractivity contribution in [1.82, 2.24) is 4.42 Å². The van der Waals surface area contributed by atoms with Gasteiger partial charge in [0.25, 0.3) is 0 Å². The van der Waals surface area contributed by atoms with E-state index in [1.807, 2.05) is 0 Å². The van der Waals surface area contributed by atoms with Gasteiger partial charge in [-0.2, -0.15) is 4.42 Å². The van der Waals surface area contributed by atoms with Gasteiger partial charge in [-0.15, -0.1) is 0 Å². The van der Waals surface area contributed by atoms with Gasteiger partial charge in [-0.1, -0.05) is 34.8 Å². The minimum atomic E-state index is -0.750. The summed E-state index contributed by atoms with van der Waals surface area (Å²) in [6.07, 6.45) is 0.532. The molecule has 3 nitrogen and oxygen atoms in total. The summed E-state index contributed by atoms with van der Waals surface area (Å²) in [5.74, 6) is -0.590. The molecule has 70 valence electrons. The predicted octanol–water partition coefficient (Wildman–Crippen LogP) is 2.28. The molecule has 1 aliphatic heterocycles. The molecule has 0 bridgehead atoms. The Kier molecular flexibility index (Phi) is 6.01. The summed E-state index contributed by atoms with van der Waals surface area (Å²) in [7, 11) is 0. The first-order valence-electron chi connectivity index (χ1n) is 2.89. The molecule has 0 unspecified atom stereocenters. The van der Waals surface area contributed by atoms with E-state index in [1.165, 1.54) is 0 Å². The van der Waals surface area contributed by atoms with Crippen LogP contribution in [0.1, 0.15) is 12.8 Å². The fraction of sp³-hybridized carbons (Fsp3) is 0.600. The largest absolute Gasteiger partial charge is 0.273 e. The SMILES string of the molecule is ClC(Cl)Cl.O=C1CCC(=O)N1Cl. The number of halogens is 4. The zero-order valence-electron chi connectivity index (χ0n) is 5.77. The van der Waals surface area contributed by atoms with Gasteiger partial charge in [-0.3, -0.25) is 9.59 Å². The molecule has 0 aliphatic carbocycles. The molecule has 2 amide bonds. The van der Waals surface area contributed by atoms with Crippen LogP contribution in [0.15, 0.2) is 0 Å². The van der Waals surface area contributed by atoms with Crippen LogP contribution in [-0.2, 0) is 9.59 Å². The monoisotopic (exact) mass is 251 g/mol. The lowest BCUT2D eigenvalue weighted by Crippen LogP contribution is -2.16. The molecule has 12 heavy (non-hydrogen) atoms. The maximum Gasteiger partial charge on any atom is 0.244 e. The number of carbonyl (C=O) groups is 2. The van der Waals surface area contributed by atoms with E-state index in [1.54, 1.807) is 0 Å². The number of carbonyl (C=O) groups excluding carboxylic acids is 2. The lowest BCUT2D eigenvalue weighted by molar-refractivity contribution is -0.132. The summed E-state index contributed by atoms with van der Waals surface area (Å²) >= 11 is 19.6. The number of alkyl halides is 3. The smallest absolute Gasteiger partial charge is 0.244 e. The van der Waals surface area contributed by atoms with Crippen LogP contribution in [0, 0.1) is 0 Å². The summed E-state index contributed by atoms with van der Waals surface area (Å²) < 4.78 is -0.111. The van der Waals surface area contributed by atoms with Crippen molar-refractivity contribution in [3.8, 4) is 0 Å². The standard InChI is InChI=1S/C4H4ClNO2.CHCl3/c5-6-3(7)1-2-4(6)8;2-1(3)4/h1-2H2;1H. The van der Waals surface area contributed by atoms with Gasteiger partial charge in [0.2, 0.25) is 11.8 Å². The maximum absolute atomic E-state index is 10.4. The van der Waals surface area contributed by atoms with E-state index in [9.17, 15) is 9.59 Å². The van der Waals surface area contributed by atoms with E-state index in [4.69, 9.17) is 46.6 Å². The molecule has 7 heteroatoms. The first-order chi connectivity index (χ1) is 5.45. The van der Waals surface area contributed by atoms with Crippen molar-refractivity contribution < 1.29 is 9.59 Å². The average Bonchev–Trinajstić information content (AvgIpc) is 2.19. The number of hydrogen-bond acceptors (Lipinski definition) is 2. The number of hydrogen-bond donors (Lipinski definition) is 0. The molecule has 0 radical (unpaired) electrons. The Labute approximate surface area is 89.6 Å². The van der Waals surface area contributed by atoms with Crippen molar-refractivity contribution >= 4 is 58.4 Å². The number of amides is 2. The zero-order chi connectivity index (χ0) is 9.72. The third-order valence-corrected chi connectivity index (χ3v) is 1.37. The molecule has 0 aromatic carbocycles. The molecule has 1 heterocycles. The van der Waals surface area contributed by atoms with Gasteiger partial charge in [0, 0.05) is 24.6 Å². The highest BCUT2D eigenvalue weighted by Crippen LogP contribution is 2.12. The Hall–Kier alpha value is 0.300. The van der Waals surface area contributed by atoms with Gasteiger partial charge in [-0.25, -0.2) is 0 Å². The molecular formula is C5H5Cl4NO2. The summed E-state index contributed by atoms with van der Waals surface area (Å²) in [6.45, 7) is 0. The summed E-state index contributed by atoms with van der Waals surface area (Å²) in [6, 6.07) is 0. The molecule has 0 N–H and O–H groups in total. The topological polar surface area (TPSA) is 37.4 Å².